The molecule has 20 heavy (non-hydrogen) atoms. The van der Waals surface area contributed by atoms with Crippen molar-refractivity contribution in [2.75, 3.05) is 0 Å². The molecule has 1 saturated carbocycles. The summed E-state index contributed by atoms with van der Waals surface area (Å²) in [5, 5.41) is 2.99. The zero-order chi connectivity index (χ0) is 14.1. The zero-order valence-corrected chi connectivity index (χ0v) is 11.7. The summed E-state index contributed by atoms with van der Waals surface area (Å²) in [6.45, 7) is 4.59. The van der Waals surface area contributed by atoms with Crippen LogP contribution in [0.5, 0.6) is 0 Å². The van der Waals surface area contributed by atoms with E-state index in [1.165, 1.54) is 0 Å². The maximum Gasteiger partial charge on any atom is 0.223 e. The Labute approximate surface area is 118 Å². The number of carbonyl (C=O) groups excluding carboxylic acids is 1. The van der Waals surface area contributed by atoms with Gasteiger partial charge in [-0.1, -0.05) is 6.92 Å². The number of imidazole rings is 1. The Morgan fingerprint density at radius 2 is 2.25 bits per heavy atom. The van der Waals surface area contributed by atoms with Gasteiger partial charge in [0.05, 0.1) is 0 Å². The quantitative estimate of drug-likeness (QED) is 0.922. The van der Waals surface area contributed by atoms with Crippen molar-refractivity contribution in [3.63, 3.8) is 0 Å². The Morgan fingerprint density at radius 3 is 2.90 bits per heavy atom. The van der Waals surface area contributed by atoms with Crippen LogP contribution >= 0.6 is 0 Å². The molecule has 2 heterocycles. The fourth-order valence-corrected chi connectivity index (χ4v) is 2.33. The third-order valence-corrected chi connectivity index (χ3v) is 3.80. The molecule has 0 aliphatic heterocycles. The number of rotatable bonds is 4. The predicted molar refractivity (Wildman–Crippen MR) is 75.2 cm³/mol. The minimum absolute atomic E-state index is 0.162. The first-order chi connectivity index (χ1) is 9.65. The highest BCUT2D eigenvalue weighted by molar-refractivity contribution is 5.81. The summed E-state index contributed by atoms with van der Waals surface area (Å²) in [4.78, 5) is 20.3. The van der Waals surface area contributed by atoms with Gasteiger partial charge in [-0.3, -0.25) is 9.36 Å². The summed E-state index contributed by atoms with van der Waals surface area (Å²) in [5.41, 5.74) is 1.05. The topological polar surface area (TPSA) is 59.8 Å². The highest BCUT2D eigenvalue weighted by atomic mass is 16.2. The molecule has 1 aliphatic rings. The Hall–Kier alpha value is -2.17. The van der Waals surface area contributed by atoms with E-state index in [1.807, 2.05) is 29.8 Å². The lowest BCUT2D eigenvalue weighted by molar-refractivity contribution is -0.122. The molecule has 0 saturated heterocycles. The van der Waals surface area contributed by atoms with Crippen molar-refractivity contribution in [3.8, 4) is 5.82 Å². The summed E-state index contributed by atoms with van der Waals surface area (Å²) in [6.07, 6.45) is 6.41. The Bertz CT molecular complexity index is 634. The van der Waals surface area contributed by atoms with Gasteiger partial charge in [0.25, 0.3) is 0 Å². The Kier molecular flexibility index (Phi) is 3.26. The molecule has 0 bridgehead atoms. The van der Waals surface area contributed by atoms with Crippen LogP contribution in [0.15, 0.2) is 30.7 Å². The van der Waals surface area contributed by atoms with Crippen LogP contribution in [-0.4, -0.2) is 20.4 Å². The van der Waals surface area contributed by atoms with E-state index in [0.29, 0.717) is 12.5 Å². The summed E-state index contributed by atoms with van der Waals surface area (Å²) >= 11 is 0. The van der Waals surface area contributed by atoms with Gasteiger partial charge in [0, 0.05) is 31.1 Å². The molecule has 2 atom stereocenters. The average Bonchev–Trinajstić information content (AvgIpc) is 3.02. The molecule has 2 aromatic heterocycles. The summed E-state index contributed by atoms with van der Waals surface area (Å²) < 4.78 is 1.92. The fourth-order valence-electron chi connectivity index (χ4n) is 2.33. The molecule has 0 aromatic carbocycles. The summed E-state index contributed by atoms with van der Waals surface area (Å²) in [7, 11) is 0. The van der Waals surface area contributed by atoms with Gasteiger partial charge in [-0.2, -0.15) is 0 Å². The molecule has 2 aromatic rings. The number of aryl methyl sites for hydroxylation is 1. The van der Waals surface area contributed by atoms with Crippen molar-refractivity contribution in [1.82, 2.24) is 19.9 Å². The largest absolute Gasteiger partial charge is 0.352 e. The Balaban J connectivity index is 1.69. The molecule has 1 fully saturated rings. The third-order valence-electron chi connectivity index (χ3n) is 3.80. The molecule has 1 aliphatic carbocycles. The highest BCUT2D eigenvalue weighted by Crippen LogP contribution is 2.37. The van der Waals surface area contributed by atoms with Crippen molar-refractivity contribution in [3.05, 3.63) is 42.1 Å². The molecule has 1 N–H and O–H groups in total. The lowest BCUT2D eigenvalue weighted by Crippen LogP contribution is -2.24. The van der Waals surface area contributed by atoms with Crippen LogP contribution in [0.2, 0.25) is 0 Å². The van der Waals surface area contributed by atoms with E-state index in [1.54, 1.807) is 12.4 Å². The number of pyridine rings is 1. The fraction of sp³-hybridized carbons (Fsp3) is 0.400. The average molecular weight is 270 g/mol. The van der Waals surface area contributed by atoms with Gasteiger partial charge in [0.1, 0.15) is 11.6 Å². The molecule has 0 radical (unpaired) electrons. The van der Waals surface area contributed by atoms with Gasteiger partial charge in [0.15, 0.2) is 0 Å². The second kappa shape index (κ2) is 5.07. The molecular formula is C15H18N4O. The van der Waals surface area contributed by atoms with Crippen LogP contribution < -0.4 is 5.32 Å². The van der Waals surface area contributed by atoms with Gasteiger partial charge >= 0.3 is 0 Å². The van der Waals surface area contributed by atoms with Gasteiger partial charge < -0.3 is 5.32 Å². The number of hydrogen-bond acceptors (Lipinski definition) is 3. The summed E-state index contributed by atoms with van der Waals surface area (Å²) in [5.74, 6) is 2.63. The van der Waals surface area contributed by atoms with Gasteiger partial charge in [-0.15, -0.1) is 0 Å². The SMILES string of the molecule is Cc1nccn1-c1cc(CNC(=O)[C@H]2C[C@@H]2C)ccn1. The van der Waals surface area contributed by atoms with Crippen LogP contribution in [0.1, 0.15) is 24.7 Å². The smallest absolute Gasteiger partial charge is 0.223 e. The first-order valence-electron chi connectivity index (χ1n) is 6.88. The number of aromatic nitrogens is 3. The number of nitrogens with zero attached hydrogens (tertiary/aromatic N) is 3. The number of nitrogens with one attached hydrogen (secondary N) is 1. The van der Waals surface area contributed by atoms with E-state index in [2.05, 4.69) is 22.2 Å². The lowest BCUT2D eigenvalue weighted by Gasteiger charge is -2.08. The highest BCUT2D eigenvalue weighted by Gasteiger charge is 2.38. The monoisotopic (exact) mass is 270 g/mol. The minimum Gasteiger partial charge on any atom is -0.352 e. The Morgan fingerprint density at radius 1 is 1.45 bits per heavy atom. The van der Waals surface area contributed by atoms with Crippen molar-refractivity contribution >= 4 is 5.91 Å². The van der Waals surface area contributed by atoms with Crippen molar-refractivity contribution in [2.45, 2.75) is 26.8 Å². The normalized spacial score (nSPS) is 20.7. The molecule has 104 valence electrons. The van der Waals surface area contributed by atoms with Crippen LogP contribution in [0, 0.1) is 18.8 Å². The molecule has 3 rings (SSSR count). The van der Waals surface area contributed by atoms with E-state index >= 15 is 0 Å². The number of carbonyl (C=O) groups is 1. The third kappa shape index (κ3) is 2.57. The predicted octanol–water partition coefficient (Wildman–Crippen LogP) is 1.85. The van der Waals surface area contributed by atoms with E-state index in [0.717, 1.165) is 23.6 Å². The molecule has 5 heteroatoms. The van der Waals surface area contributed by atoms with Gasteiger partial charge in [-0.25, -0.2) is 9.97 Å². The first kappa shape index (κ1) is 12.8. The van der Waals surface area contributed by atoms with Crippen molar-refractivity contribution in [1.29, 1.82) is 0 Å². The lowest BCUT2D eigenvalue weighted by atomic mass is 10.2. The maximum absolute atomic E-state index is 11.8. The second-order valence-electron chi connectivity index (χ2n) is 5.40. The van der Waals surface area contributed by atoms with Crippen LogP contribution in [0.3, 0.4) is 0 Å². The molecule has 5 nitrogen and oxygen atoms in total. The second-order valence-corrected chi connectivity index (χ2v) is 5.40. The standard InChI is InChI=1S/C15H18N4O/c1-10-7-13(10)15(20)18-9-12-3-4-17-14(8-12)19-6-5-16-11(19)2/h3-6,8,10,13H,7,9H2,1-2H3,(H,18,20)/t10-,13-/m0/s1. The van der Waals surface area contributed by atoms with E-state index in [4.69, 9.17) is 0 Å². The molecule has 1 amide bonds. The maximum atomic E-state index is 11.8. The van der Waals surface area contributed by atoms with Crippen molar-refractivity contribution in [2.24, 2.45) is 11.8 Å². The van der Waals surface area contributed by atoms with Crippen LogP contribution in [-0.2, 0) is 11.3 Å². The first-order valence-corrected chi connectivity index (χ1v) is 6.88. The minimum atomic E-state index is 0.162. The van der Waals surface area contributed by atoms with Crippen molar-refractivity contribution < 1.29 is 4.79 Å². The number of amides is 1. The number of hydrogen-bond donors (Lipinski definition) is 1. The molecule has 0 unspecified atom stereocenters. The zero-order valence-electron chi connectivity index (χ0n) is 11.7. The van der Waals surface area contributed by atoms with E-state index in [-0.39, 0.29) is 11.8 Å². The van der Waals surface area contributed by atoms with E-state index in [9.17, 15) is 4.79 Å². The van der Waals surface area contributed by atoms with Gasteiger partial charge in [-0.05, 0) is 37.0 Å². The van der Waals surface area contributed by atoms with Crippen LogP contribution in [0.4, 0.5) is 0 Å². The summed E-state index contributed by atoms with van der Waals surface area (Å²) in [6, 6.07) is 3.90. The van der Waals surface area contributed by atoms with E-state index < -0.39 is 0 Å². The molecule has 0 spiro atoms. The molecular weight excluding hydrogens is 252 g/mol. The van der Waals surface area contributed by atoms with Crippen LogP contribution in [0.25, 0.3) is 5.82 Å². The van der Waals surface area contributed by atoms with Gasteiger partial charge in [0.2, 0.25) is 5.91 Å².